The van der Waals surface area contributed by atoms with Crippen LogP contribution < -0.4 is 15.8 Å². The molecule has 2 rings (SSSR count). The van der Waals surface area contributed by atoms with E-state index >= 15 is 0 Å². The van der Waals surface area contributed by atoms with Crippen LogP contribution in [0.5, 0.6) is 5.75 Å². The van der Waals surface area contributed by atoms with E-state index in [9.17, 15) is 9.18 Å². The van der Waals surface area contributed by atoms with Gasteiger partial charge in [0, 0.05) is 11.8 Å². The molecule has 0 aliphatic carbocycles. The minimum Gasteiger partial charge on any atom is -0.492 e. The van der Waals surface area contributed by atoms with Gasteiger partial charge in [-0.15, -0.1) is 0 Å². The van der Waals surface area contributed by atoms with Gasteiger partial charge >= 0.3 is 0 Å². The van der Waals surface area contributed by atoms with Gasteiger partial charge in [-0.3, -0.25) is 4.79 Å². The van der Waals surface area contributed by atoms with Gasteiger partial charge in [0.1, 0.15) is 11.6 Å². The highest BCUT2D eigenvalue weighted by Crippen LogP contribution is 2.26. The summed E-state index contributed by atoms with van der Waals surface area (Å²) in [4.78, 5) is 12.3. The van der Waals surface area contributed by atoms with E-state index < -0.39 is 5.82 Å². The molecule has 4 nitrogen and oxygen atoms in total. The fourth-order valence-corrected chi connectivity index (χ4v) is 1.93. The minimum absolute atomic E-state index is 0.289. The highest BCUT2D eigenvalue weighted by atomic mass is 19.1. The average molecular weight is 288 g/mol. The Kier molecular flexibility index (Phi) is 4.42. The Balaban J connectivity index is 2.29. The molecule has 0 spiro atoms. The van der Waals surface area contributed by atoms with Crippen molar-refractivity contribution in [3.05, 3.63) is 53.3 Å². The zero-order valence-electron chi connectivity index (χ0n) is 11.9. The molecule has 5 heteroatoms. The van der Waals surface area contributed by atoms with Gasteiger partial charge in [0.25, 0.3) is 5.91 Å². The smallest absolute Gasteiger partial charge is 0.257 e. The van der Waals surface area contributed by atoms with E-state index in [0.717, 1.165) is 5.56 Å². The number of amides is 1. The van der Waals surface area contributed by atoms with Gasteiger partial charge in [-0.05, 0) is 38.1 Å². The third-order valence-corrected chi connectivity index (χ3v) is 2.95. The fourth-order valence-electron chi connectivity index (χ4n) is 1.93. The second-order valence-electron chi connectivity index (χ2n) is 4.62. The molecule has 0 heterocycles. The molecule has 0 atom stereocenters. The lowest BCUT2D eigenvalue weighted by Crippen LogP contribution is -2.15. The average Bonchev–Trinajstić information content (AvgIpc) is 2.44. The number of hydrogen-bond acceptors (Lipinski definition) is 3. The molecule has 0 unspecified atom stereocenters. The lowest BCUT2D eigenvalue weighted by Gasteiger charge is -2.12. The van der Waals surface area contributed by atoms with Crippen molar-refractivity contribution in [2.24, 2.45) is 0 Å². The predicted octanol–water partition coefficient (Wildman–Crippen LogP) is 3.37. The van der Waals surface area contributed by atoms with Crippen molar-refractivity contribution in [1.29, 1.82) is 0 Å². The van der Waals surface area contributed by atoms with Crippen LogP contribution in [-0.4, -0.2) is 12.5 Å². The summed E-state index contributed by atoms with van der Waals surface area (Å²) in [6, 6.07) is 9.17. The van der Waals surface area contributed by atoms with Gasteiger partial charge in [-0.1, -0.05) is 11.6 Å². The third-order valence-electron chi connectivity index (χ3n) is 2.95. The summed E-state index contributed by atoms with van der Waals surface area (Å²) in [6.45, 7) is 4.04. The monoisotopic (exact) mass is 288 g/mol. The molecule has 0 saturated carbocycles. The summed E-state index contributed by atoms with van der Waals surface area (Å²) in [7, 11) is 0. The highest BCUT2D eigenvalue weighted by Gasteiger charge is 2.13. The van der Waals surface area contributed by atoms with E-state index in [0.29, 0.717) is 23.5 Å². The summed E-state index contributed by atoms with van der Waals surface area (Å²) in [5, 5.41) is 2.70. The second-order valence-corrected chi connectivity index (χ2v) is 4.62. The largest absolute Gasteiger partial charge is 0.492 e. The number of rotatable bonds is 4. The molecule has 0 radical (unpaired) electrons. The van der Waals surface area contributed by atoms with Gasteiger partial charge in [0.15, 0.2) is 0 Å². The van der Waals surface area contributed by atoms with Crippen molar-refractivity contribution < 1.29 is 13.9 Å². The van der Waals surface area contributed by atoms with Gasteiger partial charge in [-0.2, -0.15) is 0 Å². The van der Waals surface area contributed by atoms with Crippen LogP contribution in [0.15, 0.2) is 36.4 Å². The van der Waals surface area contributed by atoms with Gasteiger partial charge in [0.2, 0.25) is 0 Å². The number of nitrogen functional groups attached to an aromatic ring is 1. The Bertz CT molecular complexity index is 671. The van der Waals surface area contributed by atoms with Crippen LogP contribution in [0.4, 0.5) is 15.8 Å². The van der Waals surface area contributed by atoms with E-state index in [4.69, 9.17) is 10.5 Å². The number of ether oxygens (including phenoxy) is 1. The maximum absolute atomic E-state index is 13.2. The number of aryl methyl sites for hydroxylation is 1. The Morgan fingerprint density at radius 3 is 2.76 bits per heavy atom. The zero-order valence-corrected chi connectivity index (χ0v) is 11.9. The summed E-state index contributed by atoms with van der Waals surface area (Å²) in [5.74, 6) is -0.493. The number of carbonyl (C=O) groups is 1. The normalized spacial score (nSPS) is 10.2. The lowest BCUT2D eigenvalue weighted by atomic mass is 10.1. The topological polar surface area (TPSA) is 64.3 Å². The van der Waals surface area contributed by atoms with Crippen molar-refractivity contribution in [2.75, 3.05) is 17.7 Å². The molecule has 0 aromatic heterocycles. The summed E-state index contributed by atoms with van der Waals surface area (Å²) >= 11 is 0. The zero-order chi connectivity index (χ0) is 15.4. The number of anilines is 2. The molecule has 0 bridgehead atoms. The number of benzene rings is 2. The van der Waals surface area contributed by atoms with E-state index in [-0.39, 0.29) is 11.7 Å². The first-order chi connectivity index (χ1) is 10.0. The quantitative estimate of drug-likeness (QED) is 0.848. The van der Waals surface area contributed by atoms with Crippen LogP contribution in [0, 0.1) is 12.7 Å². The van der Waals surface area contributed by atoms with Crippen LogP contribution in [0.1, 0.15) is 22.8 Å². The van der Waals surface area contributed by atoms with Gasteiger partial charge < -0.3 is 15.8 Å². The van der Waals surface area contributed by atoms with Crippen LogP contribution in [0.3, 0.4) is 0 Å². The molecule has 110 valence electrons. The molecule has 3 N–H and O–H groups in total. The van der Waals surface area contributed by atoms with E-state index in [2.05, 4.69) is 5.32 Å². The molecule has 2 aromatic rings. The number of halogens is 1. The first-order valence-corrected chi connectivity index (χ1v) is 6.61. The molecular weight excluding hydrogens is 271 g/mol. The standard InChI is InChI=1S/C16H17FN2O2/c1-3-21-15-9-11(17)5-7-14(15)19-16(20)12-8-10(2)4-6-13(12)18/h4-9H,3,18H2,1-2H3,(H,19,20). The van der Waals surface area contributed by atoms with Crippen LogP contribution in [0.2, 0.25) is 0 Å². The van der Waals surface area contributed by atoms with E-state index in [1.807, 2.05) is 13.0 Å². The SMILES string of the molecule is CCOc1cc(F)ccc1NC(=O)c1cc(C)ccc1N. The highest BCUT2D eigenvalue weighted by molar-refractivity contribution is 6.08. The van der Waals surface area contributed by atoms with E-state index in [1.165, 1.54) is 18.2 Å². The lowest BCUT2D eigenvalue weighted by molar-refractivity contribution is 0.102. The van der Waals surface area contributed by atoms with Crippen LogP contribution in [0.25, 0.3) is 0 Å². The van der Waals surface area contributed by atoms with Crippen LogP contribution >= 0.6 is 0 Å². The van der Waals surface area contributed by atoms with Crippen molar-refractivity contribution in [3.8, 4) is 5.75 Å². The van der Waals surface area contributed by atoms with Crippen molar-refractivity contribution >= 4 is 17.3 Å². The van der Waals surface area contributed by atoms with E-state index in [1.54, 1.807) is 19.1 Å². The number of nitrogens with two attached hydrogens (primary N) is 1. The van der Waals surface area contributed by atoms with Gasteiger partial charge in [0.05, 0.1) is 17.9 Å². The first-order valence-electron chi connectivity index (χ1n) is 6.61. The number of hydrogen-bond donors (Lipinski definition) is 2. The van der Waals surface area contributed by atoms with Crippen LogP contribution in [-0.2, 0) is 0 Å². The summed E-state index contributed by atoms with van der Waals surface area (Å²) in [6.07, 6.45) is 0. The maximum atomic E-state index is 13.2. The molecule has 0 aliphatic heterocycles. The molecule has 0 aliphatic rings. The molecule has 2 aromatic carbocycles. The number of nitrogens with one attached hydrogen (secondary N) is 1. The first kappa shape index (κ1) is 14.8. The molecule has 21 heavy (non-hydrogen) atoms. The third kappa shape index (κ3) is 3.51. The molecule has 1 amide bonds. The summed E-state index contributed by atoms with van der Waals surface area (Å²) in [5.41, 5.74) is 7.91. The predicted molar refractivity (Wildman–Crippen MR) is 81.1 cm³/mol. The maximum Gasteiger partial charge on any atom is 0.257 e. The Morgan fingerprint density at radius 1 is 1.29 bits per heavy atom. The fraction of sp³-hybridized carbons (Fsp3) is 0.188. The van der Waals surface area contributed by atoms with Gasteiger partial charge in [-0.25, -0.2) is 4.39 Å². The van der Waals surface area contributed by atoms with Crippen molar-refractivity contribution in [2.45, 2.75) is 13.8 Å². The Hall–Kier alpha value is -2.56. The Morgan fingerprint density at radius 2 is 2.05 bits per heavy atom. The Labute approximate surface area is 122 Å². The van der Waals surface area contributed by atoms with Crippen molar-refractivity contribution in [1.82, 2.24) is 0 Å². The number of carbonyl (C=O) groups excluding carboxylic acids is 1. The van der Waals surface area contributed by atoms with Crippen molar-refractivity contribution in [3.63, 3.8) is 0 Å². The molecular formula is C16H17FN2O2. The summed E-state index contributed by atoms with van der Waals surface area (Å²) < 4.78 is 18.6. The molecule has 0 saturated heterocycles. The minimum atomic E-state index is -0.425. The second kappa shape index (κ2) is 6.26. The molecule has 0 fully saturated rings.